The predicted molar refractivity (Wildman–Crippen MR) is 46.6 cm³/mol. The Balaban J connectivity index is 2.33. The van der Waals surface area contributed by atoms with Crippen molar-refractivity contribution in [1.82, 2.24) is 0 Å². The molecular formula is C9H17NO2. The molecule has 2 N–H and O–H groups in total. The first-order valence-electron chi connectivity index (χ1n) is 4.58. The van der Waals surface area contributed by atoms with Crippen LogP contribution in [0.4, 0.5) is 0 Å². The maximum atomic E-state index is 11.1. The maximum absolute atomic E-state index is 11.1. The fourth-order valence-electron chi connectivity index (χ4n) is 1.67. The van der Waals surface area contributed by atoms with Crippen molar-refractivity contribution in [3.05, 3.63) is 0 Å². The molecule has 1 aliphatic carbocycles. The molecule has 0 unspecified atom stereocenters. The number of ether oxygens (including phenoxy) is 1. The summed E-state index contributed by atoms with van der Waals surface area (Å²) >= 11 is 0. The summed E-state index contributed by atoms with van der Waals surface area (Å²) in [5, 5.41) is 0. The minimum absolute atomic E-state index is 0.151. The van der Waals surface area contributed by atoms with E-state index in [0.29, 0.717) is 13.0 Å². The largest absolute Gasteiger partial charge is 0.459 e. The van der Waals surface area contributed by atoms with Crippen molar-refractivity contribution in [2.75, 3.05) is 6.54 Å². The average Bonchev–Trinajstić information content (AvgIpc) is 2.36. The van der Waals surface area contributed by atoms with Crippen molar-refractivity contribution in [3.8, 4) is 0 Å². The van der Waals surface area contributed by atoms with E-state index in [1.165, 1.54) is 12.8 Å². The third kappa shape index (κ3) is 2.48. The standard InChI is InChI=1S/C9H17NO2/c1-9(5-2-3-6-9)12-8(11)4-7-10/h2-7,10H2,1H3. The van der Waals surface area contributed by atoms with Gasteiger partial charge in [-0.3, -0.25) is 4.79 Å². The lowest BCUT2D eigenvalue weighted by atomic mass is 10.1. The lowest BCUT2D eigenvalue weighted by Gasteiger charge is -2.23. The zero-order chi connectivity index (χ0) is 9.03. The van der Waals surface area contributed by atoms with Crippen molar-refractivity contribution in [2.24, 2.45) is 5.73 Å². The highest BCUT2D eigenvalue weighted by molar-refractivity contribution is 5.70. The minimum Gasteiger partial charge on any atom is -0.459 e. The Bertz CT molecular complexity index is 162. The molecule has 3 nitrogen and oxygen atoms in total. The third-order valence-corrected chi connectivity index (χ3v) is 2.37. The first-order chi connectivity index (χ1) is 5.66. The molecule has 70 valence electrons. The Morgan fingerprint density at radius 3 is 2.58 bits per heavy atom. The van der Waals surface area contributed by atoms with Gasteiger partial charge in [0.25, 0.3) is 0 Å². The van der Waals surface area contributed by atoms with Crippen LogP contribution < -0.4 is 5.73 Å². The molecule has 0 heterocycles. The Kier molecular flexibility index (Phi) is 3.09. The van der Waals surface area contributed by atoms with Crippen LogP contribution in [0.15, 0.2) is 0 Å². The summed E-state index contributed by atoms with van der Waals surface area (Å²) in [7, 11) is 0. The summed E-state index contributed by atoms with van der Waals surface area (Å²) in [6.45, 7) is 2.39. The van der Waals surface area contributed by atoms with Crippen LogP contribution in [-0.4, -0.2) is 18.1 Å². The predicted octanol–water partition coefficient (Wildman–Crippen LogP) is 1.21. The summed E-state index contributed by atoms with van der Waals surface area (Å²) < 4.78 is 5.32. The highest BCUT2D eigenvalue weighted by Gasteiger charge is 2.31. The van der Waals surface area contributed by atoms with Crippen molar-refractivity contribution in [2.45, 2.75) is 44.6 Å². The van der Waals surface area contributed by atoms with Crippen LogP contribution in [0.2, 0.25) is 0 Å². The quantitative estimate of drug-likeness (QED) is 0.649. The van der Waals surface area contributed by atoms with Crippen LogP contribution in [0, 0.1) is 0 Å². The molecule has 0 spiro atoms. The summed E-state index contributed by atoms with van der Waals surface area (Å²) in [5.74, 6) is -0.151. The van der Waals surface area contributed by atoms with E-state index in [-0.39, 0.29) is 11.6 Å². The number of carbonyl (C=O) groups is 1. The van der Waals surface area contributed by atoms with Crippen LogP contribution in [0.1, 0.15) is 39.0 Å². The second-order valence-corrected chi connectivity index (χ2v) is 3.67. The molecule has 0 aromatic carbocycles. The highest BCUT2D eigenvalue weighted by atomic mass is 16.6. The number of rotatable bonds is 3. The van der Waals surface area contributed by atoms with Gasteiger partial charge in [0.15, 0.2) is 0 Å². The van der Waals surface area contributed by atoms with Gasteiger partial charge in [-0.05, 0) is 32.6 Å². The Morgan fingerprint density at radius 1 is 1.50 bits per heavy atom. The molecule has 1 fully saturated rings. The molecule has 0 amide bonds. The molecule has 1 saturated carbocycles. The number of esters is 1. The summed E-state index contributed by atoms with van der Waals surface area (Å²) in [5.41, 5.74) is 5.06. The molecule has 0 atom stereocenters. The van der Waals surface area contributed by atoms with Crippen LogP contribution in [0.25, 0.3) is 0 Å². The molecular weight excluding hydrogens is 154 g/mol. The first kappa shape index (κ1) is 9.52. The molecule has 0 aromatic heterocycles. The van der Waals surface area contributed by atoms with Gasteiger partial charge in [-0.25, -0.2) is 0 Å². The number of hydrogen-bond donors (Lipinski definition) is 1. The van der Waals surface area contributed by atoms with E-state index in [9.17, 15) is 4.79 Å². The molecule has 0 aromatic rings. The van der Waals surface area contributed by atoms with Crippen LogP contribution in [0.5, 0.6) is 0 Å². The maximum Gasteiger partial charge on any atom is 0.307 e. The van der Waals surface area contributed by atoms with E-state index in [0.717, 1.165) is 12.8 Å². The van der Waals surface area contributed by atoms with Gasteiger partial charge in [0, 0.05) is 6.54 Å². The lowest BCUT2D eigenvalue weighted by molar-refractivity contribution is -0.157. The molecule has 3 heteroatoms. The molecule has 0 saturated heterocycles. The summed E-state index contributed by atoms with van der Waals surface area (Å²) in [6.07, 6.45) is 4.70. The van der Waals surface area contributed by atoms with Gasteiger partial charge in [-0.1, -0.05) is 0 Å². The van der Waals surface area contributed by atoms with Crippen molar-refractivity contribution < 1.29 is 9.53 Å². The van der Waals surface area contributed by atoms with Crippen LogP contribution in [0.3, 0.4) is 0 Å². The number of nitrogens with two attached hydrogens (primary N) is 1. The molecule has 0 radical (unpaired) electrons. The van der Waals surface area contributed by atoms with Gasteiger partial charge < -0.3 is 10.5 Å². The Hall–Kier alpha value is -0.570. The molecule has 0 aliphatic heterocycles. The fraction of sp³-hybridized carbons (Fsp3) is 0.889. The second-order valence-electron chi connectivity index (χ2n) is 3.67. The van der Waals surface area contributed by atoms with E-state index in [1.54, 1.807) is 0 Å². The summed E-state index contributed by atoms with van der Waals surface area (Å²) in [4.78, 5) is 11.1. The van der Waals surface area contributed by atoms with E-state index in [1.807, 2.05) is 6.92 Å². The smallest absolute Gasteiger partial charge is 0.307 e. The fourth-order valence-corrected chi connectivity index (χ4v) is 1.67. The van der Waals surface area contributed by atoms with Crippen molar-refractivity contribution in [3.63, 3.8) is 0 Å². The normalized spacial score (nSPS) is 20.8. The van der Waals surface area contributed by atoms with Gasteiger partial charge in [0.2, 0.25) is 0 Å². The van der Waals surface area contributed by atoms with E-state index in [4.69, 9.17) is 10.5 Å². The van der Waals surface area contributed by atoms with Crippen LogP contribution in [-0.2, 0) is 9.53 Å². The van der Waals surface area contributed by atoms with E-state index < -0.39 is 0 Å². The average molecular weight is 171 g/mol. The monoisotopic (exact) mass is 171 g/mol. The topological polar surface area (TPSA) is 52.3 Å². The second kappa shape index (κ2) is 3.90. The number of hydrogen-bond acceptors (Lipinski definition) is 3. The van der Waals surface area contributed by atoms with Gasteiger partial charge in [0.05, 0.1) is 6.42 Å². The molecule has 1 aliphatic rings. The minimum atomic E-state index is -0.188. The Labute approximate surface area is 73.3 Å². The van der Waals surface area contributed by atoms with E-state index in [2.05, 4.69) is 0 Å². The van der Waals surface area contributed by atoms with Crippen LogP contribution >= 0.6 is 0 Å². The summed E-state index contributed by atoms with van der Waals surface area (Å²) in [6, 6.07) is 0. The SMILES string of the molecule is CC1(OC(=O)CCN)CCCC1. The van der Waals surface area contributed by atoms with Gasteiger partial charge in [0.1, 0.15) is 5.60 Å². The van der Waals surface area contributed by atoms with Gasteiger partial charge >= 0.3 is 5.97 Å². The zero-order valence-electron chi connectivity index (χ0n) is 7.64. The van der Waals surface area contributed by atoms with Gasteiger partial charge in [-0.2, -0.15) is 0 Å². The molecule has 12 heavy (non-hydrogen) atoms. The number of carbonyl (C=O) groups excluding carboxylic acids is 1. The lowest BCUT2D eigenvalue weighted by Crippen LogP contribution is -2.28. The zero-order valence-corrected chi connectivity index (χ0v) is 7.64. The third-order valence-electron chi connectivity index (χ3n) is 2.37. The Morgan fingerprint density at radius 2 is 2.08 bits per heavy atom. The molecule has 1 rings (SSSR count). The first-order valence-corrected chi connectivity index (χ1v) is 4.58. The van der Waals surface area contributed by atoms with E-state index >= 15 is 0 Å². The van der Waals surface area contributed by atoms with Gasteiger partial charge in [-0.15, -0.1) is 0 Å². The van der Waals surface area contributed by atoms with Crippen molar-refractivity contribution in [1.29, 1.82) is 0 Å². The molecule has 0 bridgehead atoms. The highest BCUT2D eigenvalue weighted by Crippen LogP contribution is 2.32. The van der Waals surface area contributed by atoms with Crippen molar-refractivity contribution >= 4 is 5.97 Å².